The van der Waals surface area contributed by atoms with Gasteiger partial charge in [-0.2, -0.15) is 5.10 Å². The highest BCUT2D eigenvalue weighted by molar-refractivity contribution is 5.06. The van der Waals surface area contributed by atoms with Crippen molar-refractivity contribution in [2.75, 3.05) is 0 Å². The average Bonchev–Trinajstić information content (AvgIpc) is 2.81. The number of hydrogen-bond acceptors (Lipinski definition) is 3. The van der Waals surface area contributed by atoms with E-state index in [0.29, 0.717) is 12.0 Å². The standard InChI is InChI=1S/C14H26N4/c1-3-11-5-4-6-13(7-11)14(17-15)8-12-9-16-18(2)10-12/h9-11,13-14,17H,3-8,15H2,1-2H3. The van der Waals surface area contributed by atoms with Crippen LogP contribution in [0.2, 0.25) is 0 Å². The lowest BCUT2D eigenvalue weighted by Crippen LogP contribution is -2.44. The summed E-state index contributed by atoms with van der Waals surface area (Å²) in [5.41, 5.74) is 4.31. The fraction of sp³-hybridized carbons (Fsp3) is 0.786. The van der Waals surface area contributed by atoms with Gasteiger partial charge in [-0.05, 0) is 36.7 Å². The predicted molar refractivity (Wildman–Crippen MR) is 73.8 cm³/mol. The summed E-state index contributed by atoms with van der Waals surface area (Å²) in [5.74, 6) is 7.38. The topological polar surface area (TPSA) is 55.9 Å². The van der Waals surface area contributed by atoms with Gasteiger partial charge in [0.1, 0.15) is 0 Å². The predicted octanol–water partition coefficient (Wildman–Crippen LogP) is 2.01. The van der Waals surface area contributed by atoms with Crippen molar-refractivity contribution in [1.29, 1.82) is 0 Å². The molecule has 1 fully saturated rings. The maximum absolute atomic E-state index is 5.77. The molecule has 4 heteroatoms. The molecule has 1 aromatic rings. The smallest absolute Gasteiger partial charge is 0.0522 e. The third-order valence-corrected chi connectivity index (χ3v) is 4.40. The third-order valence-electron chi connectivity index (χ3n) is 4.40. The molecule has 0 amide bonds. The van der Waals surface area contributed by atoms with Gasteiger partial charge in [-0.15, -0.1) is 0 Å². The van der Waals surface area contributed by atoms with Gasteiger partial charge in [0.25, 0.3) is 0 Å². The zero-order valence-electron chi connectivity index (χ0n) is 11.6. The molecule has 102 valence electrons. The van der Waals surface area contributed by atoms with E-state index < -0.39 is 0 Å². The minimum absolute atomic E-state index is 0.392. The Balaban J connectivity index is 1.95. The summed E-state index contributed by atoms with van der Waals surface area (Å²) in [7, 11) is 1.96. The van der Waals surface area contributed by atoms with Crippen LogP contribution in [0.5, 0.6) is 0 Å². The lowest BCUT2D eigenvalue weighted by molar-refractivity contribution is 0.208. The second kappa shape index (κ2) is 6.34. The summed E-state index contributed by atoms with van der Waals surface area (Å²) in [6.45, 7) is 2.30. The molecular weight excluding hydrogens is 224 g/mol. The maximum Gasteiger partial charge on any atom is 0.0522 e. The van der Waals surface area contributed by atoms with Gasteiger partial charge in [0.2, 0.25) is 0 Å². The highest BCUT2D eigenvalue weighted by atomic mass is 15.2. The van der Waals surface area contributed by atoms with E-state index in [-0.39, 0.29) is 0 Å². The van der Waals surface area contributed by atoms with Gasteiger partial charge in [-0.1, -0.05) is 26.2 Å². The Bertz CT molecular complexity index is 360. The minimum atomic E-state index is 0.392. The van der Waals surface area contributed by atoms with Gasteiger partial charge in [0.15, 0.2) is 0 Å². The summed E-state index contributed by atoms with van der Waals surface area (Å²) in [6.07, 6.45) is 11.7. The summed E-state index contributed by atoms with van der Waals surface area (Å²) in [6, 6.07) is 0.392. The number of aromatic nitrogens is 2. The molecule has 0 bridgehead atoms. The number of nitrogens with one attached hydrogen (secondary N) is 1. The van der Waals surface area contributed by atoms with E-state index in [1.807, 2.05) is 17.9 Å². The van der Waals surface area contributed by atoms with Gasteiger partial charge < -0.3 is 0 Å². The van der Waals surface area contributed by atoms with Crippen molar-refractivity contribution in [3.63, 3.8) is 0 Å². The molecule has 3 unspecified atom stereocenters. The SMILES string of the molecule is CCC1CCCC(C(Cc2cnn(C)c2)NN)C1. The third kappa shape index (κ3) is 3.33. The Morgan fingerprint density at radius 2 is 2.39 bits per heavy atom. The van der Waals surface area contributed by atoms with Crippen LogP contribution in [0.3, 0.4) is 0 Å². The van der Waals surface area contributed by atoms with Crippen molar-refractivity contribution >= 4 is 0 Å². The first-order valence-corrected chi connectivity index (χ1v) is 7.16. The van der Waals surface area contributed by atoms with E-state index in [1.165, 1.54) is 37.7 Å². The average molecular weight is 250 g/mol. The van der Waals surface area contributed by atoms with Crippen molar-refractivity contribution in [1.82, 2.24) is 15.2 Å². The molecule has 3 atom stereocenters. The van der Waals surface area contributed by atoms with Crippen LogP contribution >= 0.6 is 0 Å². The number of aryl methyl sites for hydroxylation is 1. The number of nitrogens with two attached hydrogens (primary N) is 1. The fourth-order valence-corrected chi connectivity index (χ4v) is 3.26. The van der Waals surface area contributed by atoms with Crippen LogP contribution in [0.25, 0.3) is 0 Å². The first-order chi connectivity index (χ1) is 8.72. The van der Waals surface area contributed by atoms with Crippen LogP contribution in [0.4, 0.5) is 0 Å². The second-order valence-electron chi connectivity index (χ2n) is 5.70. The molecule has 18 heavy (non-hydrogen) atoms. The quantitative estimate of drug-likeness (QED) is 0.621. The fourth-order valence-electron chi connectivity index (χ4n) is 3.26. The van der Waals surface area contributed by atoms with Gasteiger partial charge in [-0.25, -0.2) is 0 Å². The Morgan fingerprint density at radius 3 is 3.00 bits per heavy atom. The number of rotatable bonds is 5. The number of hydrogen-bond donors (Lipinski definition) is 2. The molecule has 0 saturated heterocycles. The molecule has 1 aromatic heterocycles. The molecule has 4 nitrogen and oxygen atoms in total. The molecule has 1 aliphatic rings. The Hall–Kier alpha value is -0.870. The van der Waals surface area contributed by atoms with Crippen molar-refractivity contribution < 1.29 is 0 Å². The monoisotopic (exact) mass is 250 g/mol. The van der Waals surface area contributed by atoms with Crippen molar-refractivity contribution in [2.45, 2.75) is 51.5 Å². The molecule has 3 N–H and O–H groups in total. The molecule has 0 aromatic carbocycles. The molecule has 0 spiro atoms. The first-order valence-electron chi connectivity index (χ1n) is 7.16. The van der Waals surface area contributed by atoms with Crippen LogP contribution in [0.15, 0.2) is 12.4 Å². The lowest BCUT2D eigenvalue weighted by atomic mass is 9.76. The van der Waals surface area contributed by atoms with Crippen LogP contribution < -0.4 is 11.3 Å². The van der Waals surface area contributed by atoms with Crippen molar-refractivity contribution in [3.8, 4) is 0 Å². The van der Waals surface area contributed by atoms with Gasteiger partial charge in [0.05, 0.1) is 6.20 Å². The summed E-state index contributed by atoms with van der Waals surface area (Å²) >= 11 is 0. The lowest BCUT2D eigenvalue weighted by Gasteiger charge is -2.33. The van der Waals surface area contributed by atoms with E-state index in [1.54, 1.807) is 0 Å². The van der Waals surface area contributed by atoms with E-state index >= 15 is 0 Å². The van der Waals surface area contributed by atoms with E-state index in [4.69, 9.17) is 5.84 Å². The van der Waals surface area contributed by atoms with Crippen LogP contribution in [-0.2, 0) is 13.5 Å². The zero-order valence-corrected chi connectivity index (χ0v) is 11.6. The van der Waals surface area contributed by atoms with E-state index in [9.17, 15) is 0 Å². The molecule has 1 saturated carbocycles. The number of nitrogens with zero attached hydrogens (tertiary/aromatic N) is 2. The zero-order chi connectivity index (χ0) is 13.0. The molecule has 0 radical (unpaired) electrons. The maximum atomic E-state index is 5.77. The Morgan fingerprint density at radius 1 is 1.56 bits per heavy atom. The summed E-state index contributed by atoms with van der Waals surface area (Å²) < 4.78 is 1.86. The van der Waals surface area contributed by atoms with Crippen LogP contribution in [0, 0.1) is 11.8 Å². The van der Waals surface area contributed by atoms with Crippen LogP contribution in [0.1, 0.15) is 44.6 Å². The van der Waals surface area contributed by atoms with Gasteiger partial charge in [-0.3, -0.25) is 16.0 Å². The molecule has 0 aliphatic heterocycles. The molecular formula is C14H26N4. The summed E-state index contributed by atoms with van der Waals surface area (Å²) in [5, 5.41) is 4.23. The van der Waals surface area contributed by atoms with Crippen LogP contribution in [-0.4, -0.2) is 15.8 Å². The Kier molecular flexibility index (Phi) is 4.78. The second-order valence-corrected chi connectivity index (χ2v) is 5.70. The van der Waals surface area contributed by atoms with Crippen molar-refractivity contribution in [2.24, 2.45) is 24.7 Å². The minimum Gasteiger partial charge on any atom is -0.276 e. The van der Waals surface area contributed by atoms with Gasteiger partial charge in [0, 0.05) is 19.3 Å². The highest BCUT2D eigenvalue weighted by Crippen LogP contribution is 2.33. The Labute approximate surface area is 110 Å². The highest BCUT2D eigenvalue weighted by Gasteiger charge is 2.27. The normalized spacial score (nSPS) is 26.2. The first kappa shape index (κ1) is 13.6. The van der Waals surface area contributed by atoms with E-state index in [0.717, 1.165) is 12.3 Å². The largest absolute Gasteiger partial charge is 0.276 e. The van der Waals surface area contributed by atoms with E-state index in [2.05, 4.69) is 23.6 Å². The molecule has 1 aliphatic carbocycles. The van der Waals surface area contributed by atoms with Crippen molar-refractivity contribution in [3.05, 3.63) is 18.0 Å². The molecule has 2 rings (SSSR count). The summed E-state index contributed by atoms with van der Waals surface area (Å²) in [4.78, 5) is 0. The number of hydrazine groups is 1. The van der Waals surface area contributed by atoms with Gasteiger partial charge >= 0.3 is 0 Å². The molecule has 1 heterocycles.